The summed E-state index contributed by atoms with van der Waals surface area (Å²) in [5.74, 6) is 0. The third kappa shape index (κ3) is 3.40. The van der Waals surface area contributed by atoms with Gasteiger partial charge in [-0.1, -0.05) is 17.7 Å². The van der Waals surface area contributed by atoms with E-state index in [0.717, 1.165) is 16.8 Å². The van der Waals surface area contributed by atoms with Crippen LogP contribution in [-0.2, 0) is 0 Å². The fourth-order valence-electron chi connectivity index (χ4n) is 1.44. The molecule has 82 valence electrons. The highest BCUT2D eigenvalue weighted by Gasteiger charge is 2.07. The molecule has 1 rings (SSSR count). The van der Waals surface area contributed by atoms with Gasteiger partial charge >= 0.3 is 0 Å². The molecule has 1 N–H and O–H groups in total. The van der Waals surface area contributed by atoms with Crippen molar-refractivity contribution in [2.24, 2.45) is 0 Å². The summed E-state index contributed by atoms with van der Waals surface area (Å²) in [7, 11) is 4.00. The molecule has 0 radical (unpaired) electrons. The molecule has 0 spiro atoms. The highest BCUT2D eigenvalue weighted by atomic mass is 16.3. The first-order valence-electron chi connectivity index (χ1n) is 5.10. The maximum absolute atomic E-state index is 9.85. The van der Waals surface area contributed by atoms with Crippen molar-refractivity contribution in [3.05, 3.63) is 42.0 Å². The van der Waals surface area contributed by atoms with E-state index in [1.54, 1.807) is 0 Å². The maximum Gasteiger partial charge on any atom is 0.0826 e. The van der Waals surface area contributed by atoms with Gasteiger partial charge in [0.15, 0.2) is 0 Å². The van der Waals surface area contributed by atoms with Crippen molar-refractivity contribution < 1.29 is 5.11 Å². The largest absolute Gasteiger partial charge is 0.388 e. The van der Waals surface area contributed by atoms with Gasteiger partial charge in [-0.3, -0.25) is 0 Å². The standard InChI is InChI=1S/C13H19NO/c1-10(2)9-13(15)11-5-7-12(8-6-11)14(3)4/h5-8,13,15H,1,9H2,2-4H3. The van der Waals surface area contributed by atoms with Crippen LogP contribution >= 0.6 is 0 Å². The Balaban J connectivity index is 2.75. The van der Waals surface area contributed by atoms with Crippen LogP contribution in [-0.4, -0.2) is 19.2 Å². The smallest absolute Gasteiger partial charge is 0.0826 e. The molecule has 1 aromatic rings. The van der Waals surface area contributed by atoms with Crippen molar-refractivity contribution >= 4 is 5.69 Å². The number of hydrogen-bond acceptors (Lipinski definition) is 2. The Bertz CT molecular complexity index is 327. The van der Waals surface area contributed by atoms with E-state index in [4.69, 9.17) is 0 Å². The predicted octanol–water partition coefficient (Wildman–Crippen LogP) is 2.75. The van der Waals surface area contributed by atoms with Gasteiger partial charge in [-0.15, -0.1) is 6.58 Å². The minimum Gasteiger partial charge on any atom is -0.388 e. The van der Waals surface area contributed by atoms with Crippen molar-refractivity contribution in [2.75, 3.05) is 19.0 Å². The molecule has 1 atom stereocenters. The summed E-state index contributed by atoms with van der Waals surface area (Å²) in [6.45, 7) is 5.73. The van der Waals surface area contributed by atoms with E-state index in [-0.39, 0.29) is 0 Å². The molecule has 2 nitrogen and oxygen atoms in total. The Kier molecular flexibility index (Phi) is 3.92. The van der Waals surface area contributed by atoms with Crippen molar-refractivity contribution in [1.29, 1.82) is 0 Å². The van der Waals surface area contributed by atoms with Crippen LogP contribution in [0.1, 0.15) is 25.0 Å². The molecule has 0 aliphatic heterocycles. The van der Waals surface area contributed by atoms with Gasteiger partial charge in [0.2, 0.25) is 0 Å². The lowest BCUT2D eigenvalue weighted by Gasteiger charge is -2.15. The fraction of sp³-hybridized carbons (Fsp3) is 0.385. The van der Waals surface area contributed by atoms with Crippen LogP contribution in [0, 0.1) is 0 Å². The summed E-state index contributed by atoms with van der Waals surface area (Å²) in [5.41, 5.74) is 3.09. The van der Waals surface area contributed by atoms with Crippen molar-refractivity contribution in [2.45, 2.75) is 19.4 Å². The second-order valence-corrected chi connectivity index (χ2v) is 4.16. The van der Waals surface area contributed by atoms with Crippen LogP contribution in [0.25, 0.3) is 0 Å². The van der Waals surface area contributed by atoms with Crippen molar-refractivity contribution in [1.82, 2.24) is 0 Å². The van der Waals surface area contributed by atoms with Crippen LogP contribution in [0.4, 0.5) is 5.69 Å². The topological polar surface area (TPSA) is 23.5 Å². The van der Waals surface area contributed by atoms with Crippen molar-refractivity contribution in [3.63, 3.8) is 0 Å². The predicted molar refractivity (Wildman–Crippen MR) is 65.2 cm³/mol. The Morgan fingerprint density at radius 3 is 2.27 bits per heavy atom. The van der Waals surface area contributed by atoms with Crippen LogP contribution in [0.15, 0.2) is 36.4 Å². The summed E-state index contributed by atoms with van der Waals surface area (Å²) in [4.78, 5) is 2.04. The fourth-order valence-corrected chi connectivity index (χ4v) is 1.44. The molecule has 0 fully saturated rings. The zero-order chi connectivity index (χ0) is 11.4. The zero-order valence-corrected chi connectivity index (χ0v) is 9.70. The minimum absolute atomic E-state index is 0.432. The first-order valence-corrected chi connectivity index (χ1v) is 5.10. The maximum atomic E-state index is 9.85. The second kappa shape index (κ2) is 4.99. The van der Waals surface area contributed by atoms with Crippen LogP contribution in [0.2, 0.25) is 0 Å². The van der Waals surface area contributed by atoms with Gasteiger partial charge in [0.05, 0.1) is 6.10 Å². The molecule has 0 saturated heterocycles. The van der Waals surface area contributed by atoms with Gasteiger partial charge in [0.1, 0.15) is 0 Å². The molecular weight excluding hydrogens is 186 g/mol. The summed E-state index contributed by atoms with van der Waals surface area (Å²) in [5, 5.41) is 9.85. The highest BCUT2D eigenvalue weighted by Crippen LogP contribution is 2.22. The third-order valence-electron chi connectivity index (χ3n) is 2.34. The molecule has 1 aromatic carbocycles. The van der Waals surface area contributed by atoms with Crippen LogP contribution in [0.5, 0.6) is 0 Å². The van der Waals surface area contributed by atoms with E-state index in [1.165, 1.54) is 0 Å². The normalized spacial score (nSPS) is 12.3. The lowest BCUT2D eigenvalue weighted by molar-refractivity contribution is 0.178. The Morgan fingerprint density at radius 1 is 1.33 bits per heavy atom. The lowest BCUT2D eigenvalue weighted by atomic mass is 10.0. The number of benzene rings is 1. The number of aliphatic hydroxyl groups is 1. The molecular formula is C13H19NO. The average molecular weight is 205 g/mol. The quantitative estimate of drug-likeness (QED) is 0.764. The Hall–Kier alpha value is -1.28. The number of anilines is 1. The summed E-state index contributed by atoms with van der Waals surface area (Å²) >= 11 is 0. The minimum atomic E-state index is -0.432. The van der Waals surface area contributed by atoms with Crippen LogP contribution in [0.3, 0.4) is 0 Å². The van der Waals surface area contributed by atoms with Gasteiger partial charge in [-0.25, -0.2) is 0 Å². The lowest BCUT2D eigenvalue weighted by Crippen LogP contribution is -2.08. The first kappa shape index (κ1) is 11.8. The van der Waals surface area contributed by atoms with E-state index in [1.807, 2.05) is 50.2 Å². The summed E-state index contributed by atoms with van der Waals surface area (Å²) in [6.07, 6.45) is 0.195. The molecule has 0 aliphatic rings. The van der Waals surface area contributed by atoms with Gasteiger partial charge < -0.3 is 10.0 Å². The molecule has 0 bridgehead atoms. The van der Waals surface area contributed by atoms with E-state index < -0.39 is 6.10 Å². The molecule has 0 aromatic heterocycles. The molecule has 15 heavy (non-hydrogen) atoms. The van der Waals surface area contributed by atoms with Crippen molar-refractivity contribution in [3.8, 4) is 0 Å². The Morgan fingerprint density at radius 2 is 1.87 bits per heavy atom. The number of nitrogens with zero attached hydrogens (tertiary/aromatic N) is 1. The molecule has 0 saturated carbocycles. The van der Waals surface area contributed by atoms with E-state index in [9.17, 15) is 5.11 Å². The van der Waals surface area contributed by atoms with E-state index in [2.05, 4.69) is 6.58 Å². The second-order valence-electron chi connectivity index (χ2n) is 4.16. The van der Waals surface area contributed by atoms with E-state index in [0.29, 0.717) is 6.42 Å². The van der Waals surface area contributed by atoms with Gasteiger partial charge in [0, 0.05) is 19.8 Å². The van der Waals surface area contributed by atoms with Gasteiger partial charge in [-0.05, 0) is 31.0 Å². The molecule has 0 amide bonds. The molecule has 0 aliphatic carbocycles. The van der Waals surface area contributed by atoms with Gasteiger partial charge in [0.25, 0.3) is 0 Å². The zero-order valence-electron chi connectivity index (χ0n) is 9.70. The third-order valence-corrected chi connectivity index (χ3v) is 2.34. The summed E-state index contributed by atoms with van der Waals surface area (Å²) in [6, 6.07) is 7.94. The number of rotatable bonds is 4. The van der Waals surface area contributed by atoms with Crippen LogP contribution < -0.4 is 4.90 Å². The molecule has 0 heterocycles. The SMILES string of the molecule is C=C(C)CC(O)c1ccc(N(C)C)cc1. The first-order chi connectivity index (χ1) is 7.00. The number of hydrogen-bond donors (Lipinski definition) is 1. The Labute approximate surface area is 91.9 Å². The summed E-state index contributed by atoms with van der Waals surface area (Å²) < 4.78 is 0. The van der Waals surface area contributed by atoms with E-state index >= 15 is 0 Å². The monoisotopic (exact) mass is 205 g/mol. The van der Waals surface area contributed by atoms with Gasteiger partial charge in [-0.2, -0.15) is 0 Å². The number of aliphatic hydroxyl groups excluding tert-OH is 1. The average Bonchev–Trinajstić information content (AvgIpc) is 2.17. The molecule has 2 heteroatoms. The molecule has 1 unspecified atom stereocenters. The highest BCUT2D eigenvalue weighted by molar-refractivity contribution is 5.46.